The van der Waals surface area contributed by atoms with Gasteiger partial charge in [-0.1, -0.05) is 36.0 Å². The molecule has 1 aromatic heterocycles. The second-order valence-electron chi connectivity index (χ2n) is 4.58. The Labute approximate surface area is 121 Å². The molecule has 3 aromatic rings. The van der Waals surface area contributed by atoms with Gasteiger partial charge in [0.05, 0.1) is 5.03 Å². The maximum atomic E-state index is 13.9. The number of aromatic amines is 1. The van der Waals surface area contributed by atoms with Crippen LogP contribution in [0.4, 0.5) is 4.39 Å². The molecule has 20 heavy (non-hydrogen) atoms. The predicted molar refractivity (Wildman–Crippen MR) is 81.6 cm³/mol. The third-order valence-corrected chi connectivity index (χ3v) is 4.24. The van der Waals surface area contributed by atoms with Gasteiger partial charge in [-0.15, -0.1) is 0 Å². The molecule has 3 rings (SSSR count). The van der Waals surface area contributed by atoms with Gasteiger partial charge in [-0.25, -0.2) is 4.39 Å². The first-order valence-electron chi connectivity index (χ1n) is 6.51. The molecule has 0 aliphatic carbocycles. The number of H-pyrrole nitrogens is 1. The number of fused-ring (bicyclic) bond motifs is 1. The summed E-state index contributed by atoms with van der Waals surface area (Å²) in [7, 11) is 0. The maximum absolute atomic E-state index is 13.9. The monoisotopic (exact) mass is 286 g/mol. The summed E-state index contributed by atoms with van der Waals surface area (Å²) < 4.78 is 13.9. The second-order valence-corrected chi connectivity index (χ2v) is 5.66. The molecule has 0 radical (unpaired) electrons. The van der Waals surface area contributed by atoms with Crippen molar-refractivity contribution in [3.63, 3.8) is 0 Å². The van der Waals surface area contributed by atoms with Gasteiger partial charge in [0.1, 0.15) is 5.82 Å². The quantitative estimate of drug-likeness (QED) is 0.762. The van der Waals surface area contributed by atoms with Crippen LogP contribution in [0.25, 0.3) is 10.9 Å². The van der Waals surface area contributed by atoms with Crippen molar-refractivity contribution in [3.8, 4) is 0 Å². The van der Waals surface area contributed by atoms with Gasteiger partial charge in [0.2, 0.25) is 0 Å². The minimum atomic E-state index is -0.184. The van der Waals surface area contributed by atoms with Gasteiger partial charge >= 0.3 is 0 Å². The minimum Gasteiger partial charge on any atom is -0.349 e. The van der Waals surface area contributed by atoms with E-state index in [1.165, 1.54) is 6.07 Å². The SMILES string of the molecule is NCCc1c(F)cccc1Sc1cc2ccccc2[nH]1. The molecule has 1 heterocycles. The summed E-state index contributed by atoms with van der Waals surface area (Å²) >= 11 is 1.54. The van der Waals surface area contributed by atoms with E-state index in [0.717, 1.165) is 20.8 Å². The summed E-state index contributed by atoms with van der Waals surface area (Å²) in [4.78, 5) is 4.26. The molecular formula is C16H15FN2S. The Morgan fingerprint density at radius 1 is 1.10 bits per heavy atom. The number of benzene rings is 2. The number of rotatable bonds is 4. The molecule has 2 aromatic carbocycles. The fourth-order valence-corrected chi connectivity index (χ4v) is 3.29. The largest absolute Gasteiger partial charge is 0.349 e. The fourth-order valence-electron chi connectivity index (χ4n) is 2.24. The van der Waals surface area contributed by atoms with Crippen molar-refractivity contribution in [2.24, 2.45) is 5.73 Å². The first kappa shape index (κ1) is 13.2. The van der Waals surface area contributed by atoms with E-state index in [-0.39, 0.29) is 5.82 Å². The van der Waals surface area contributed by atoms with Crippen molar-refractivity contribution in [2.45, 2.75) is 16.3 Å². The molecule has 0 unspecified atom stereocenters. The molecule has 0 amide bonds. The van der Waals surface area contributed by atoms with Crippen LogP contribution in [0.3, 0.4) is 0 Å². The molecule has 0 bridgehead atoms. The van der Waals surface area contributed by atoms with Crippen LogP contribution in [0.5, 0.6) is 0 Å². The Morgan fingerprint density at radius 3 is 2.75 bits per heavy atom. The summed E-state index contributed by atoms with van der Waals surface area (Å²) in [5.41, 5.74) is 7.35. The lowest BCUT2D eigenvalue weighted by atomic mass is 10.1. The van der Waals surface area contributed by atoms with Crippen molar-refractivity contribution in [3.05, 3.63) is 59.9 Å². The molecule has 0 aliphatic rings. The highest BCUT2D eigenvalue weighted by Crippen LogP contribution is 2.33. The van der Waals surface area contributed by atoms with Gasteiger partial charge in [-0.2, -0.15) is 0 Å². The first-order chi connectivity index (χ1) is 9.78. The van der Waals surface area contributed by atoms with Gasteiger partial charge in [0.25, 0.3) is 0 Å². The molecule has 0 atom stereocenters. The third kappa shape index (κ3) is 2.57. The minimum absolute atomic E-state index is 0.184. The van der Waals surface area contributed by atoms with Crippen LogP contribution >= 0.6 is 11.8 Å². The molecule has 2 nitrogen and oxygen atoms in total. The molecule has 3 N–H and O–H groups in total. The Kier molecular flexibility index (Phi) is 3.76. The summed E-state index contributed by atoms with van der Waals surface area (Å²) in [5, 5.41) is 2.17. The van der Waals surface area contributed by atoms with Gasteiger partial charge < -0.3 is 10.7 Å². The van der Waals surface area contributed by atoms with Crippen LogP contribution in [0.1, 0.15) is 5.56 Å². The van der Waals surface area contributed by atoms with E-state index in [0.29, 0.717) is 18.5 Å². The van der Waals surface area contributed by atoms with E-state index < -0.39 is 0 Å². The number of hydrogen-bond acceptors (Lipinski definition) is 2. The summed E-state index contributed by atoms with van der Waals surface area (Å²) in [5.74, 6) is -0.184. The second kappa shape index (κ2) is 5.69. The van der Waals surface area contributed by atoms with E-state index in [1.54, 1.807) is 17.8 Å². The van der Waals surface area contributed by atoms with Gasteiger partial charge in [-0.05, 0) is 37.2 Å². The Hall–Kier alpha value is -1.78. The highest BCUT2D eigenvalue weighted by atomic mass is 32.2. The van der Waals surface area contributed by atoms with E-state index >= 15 is 0 Å². The van der Waals surface area contributed by atoms with E-state index in [2.05, 4.69) is 17.1 Å². The molecule has 0 spiro atoms. The Balaban J connectivity index is 1.96. The number of nitrogens with two attached hydrogens (primary N) is 1. The number of nitrogens with one attached hydrogen (secondary N) is 1. The van der Waals surface area contributed by atoms with Crippen LogP contribution in [0, 0.1) is 5.82 Å². The van der Waals surface area contributed by atoms with Crippen LogP contribution in [-0.4, -0.2) is 11.5 Å². The van der Waals surface area contributed by atoms with E-state index in [9.17, 15) is 4.39 Å². The van der Waals surface area contributed by atoms with Crippen molar-refractivity contribution in [1.29, 1.82) is 0 Å². The number of hydrogen-bond donors (Lipinski definition) is 2. The maximum Gasteiger partial charge on any atom is 0.127 e. The Bertz CT molecular complexity index is 703. The van der Waals surface area contributed by atoms with Crippen LogP contribution < -0.4 is 5.73 Å². The van der Waals surface area contributed by atoms with E-state index in [1.807, 2.05) is 24.3 Å². The third-order valence-electron chi connectivity index (χ3n) is 3.20. The summed E-state index contributed by atoms with van der Waals surface area (Å²) in [6, 6.07) is 15.3. The zero-order chi connectivity index (χ0) is 13.9. The van der Waals surface area contributed by atoms with Crippen LogP contribution in [0.2, 0.25) is 0 Å². The molecule has 0 saturated carbocycles. The molecule has 102 valence electrons. The topological polar surface area (TPSA) is 41.8 Å². The van der Waals surface area contributed by atoms with Gasteiger partial charge in [0.15, 0.2) is 0 Å². The van der Waals surface area contributed by atoms with Crippen molar-refractivity contribution in [2.75, 3.05) is 6.54 Å². The lowest BCUT2D eigenvalue weighted by Gasteiger charge is -2.08. The van der Waals surface area contributed by atoms with Gasteiger partial charge in [-0.3, -0.25) is 0 Å². The lowest BCUT2D eigenvalue weighted by molar-refractivity contribution is 0.603. The predicted octanol–water partition coefficient (Wildman–Crippen LogP) is 3.96. The summed E-state index contributed by atoms with van der Waals surface area (Å²) in [6.45, 7) is 0.446. The molecule has 4 heteroatoms. The standard InChI is InChI=1S/C16H15FN2S/c17-13-5-3-7-15(12(13)8-9-18)20-16-10-11-4-1-2-6-14(11)19-16/h1-7,10,19H,8-9,18H2. The van der Waals surface area contributed by atoms with Crippen molar-refractivity contribution in [1.82, 2.24) is 4.98 Å². The zero-order valence-corrected chi connectivity index (χ0v) is 11.7. The Morgan fingerprint density at radius 2 is 1.95 bits per heavy atom. The molecule has 0 fully saturated rings. The number of aromatic nitrogens is 1. The summed E-state index contributed by atoms with van der Waals surface area (Å²) in [6.07, 6.45) is 0.551. The van der Waals surface area contributed by atoms with Crippen LogP contribution in [-0.2, 0) is 6.42 Å². The average Bonchev–Trinajstić information content (AvgIpc) is 2.85. The molecule has 0 saturated heterocycles. The smallest absolute Gasteiger partial charge is 0.127 e. The normalized spacial score (nSPS) is 11.1. The number of para-hydroxylation sites is 1. The van der Waals surface area contributed by atoms with Crippen molar-refractivity contribution < 1.29 is 4.39 Å². The molecule has 0 aliphatic heterocycles. The first-order valence-corrected chi connectivity index (χ1v) is 7.32. The average molecular weight is 286 g/mol. The highest BCUT2D eigenvalue weighted by molar-refractivity contribution is 7.99. The van der Waals surface area contributed by atoms with Crippen molar-refractivity contribution >= 4 is 22.7 Å². The van der Waals surface area contributed by atoms with Gasteiger partial charge in [0, 0.05) is 21.4 Å². The fraction of sp³-hybridized carbons (Fsp3) is 0.125. The van der Waals surface area contributed by atoms with E-state index in [4.69, 9.17) is 5.73 Å². The molecular weight excluding hydrogens is 271 g/mol. The highest BCUT2D eigenvalue weighted by Gasteiger charge is 2.10. The lowest BCUT2D eigenvalue weighted by Crippen LogP contribution is -2.05. The van der Waals surface area contributed by atoms with Crippen LogP contribution in [0.15, 0.2) is 58.5 Å². The number of halogens is 1. The zero-order valence-electron chi connectivity index (χ0n) is 10.9.